The van der Waals surface area contributed by atoms with E-state index in [1.807, 2.05) is 13.8 Å². The lowest BCUT2D eigenvalue weighted by Gasteiger charge is -2.18. The maximum Gasteiger partial charge on any atom is 0.251 e. The second-order valence-corrected chi connectivity index (χ2v) is 10.2. The molecule has 0 saturated heterocycles. The SMILES string of the molecule is CC(C)C(NC(=O)c1cccc(CS(=O)(=O)c2ccccc2)c1)c1nc(C2CC2)no1. The minimum Gasteiger partial charge on any atom is -0.340 e. The highest BCUT2D eigenvalue weighted by molar-refractivity contribution is 7.90. The van der Waals surface area contributed by atoms with Crippen LogP contribution in [-0.4, -0.2) is 24.5 Å². The molecule has 0 spiro atoms. The van der Waals surface area contributed by atoms with Gasteiger partial charge >= 0.3 is 0 Å². The Morgan fingerprint density at radius 2 is 1.87 bits per heavy atom. The summed E-state index contributed by atoms with van der Waals surface area (Å²) in [6.45, 7) is 3.93. The van der Waals surface area contributed by atoms with Crippen molar-refractivity contribution in [1.82, 2.24) is 15.5 Å². The molecule has 8 heteroatoms. The molecule has 1 saturated carbocycles. The van der Waals surface area contributed by atoms with Crippen molar-refractivity contribution >= 4 is 15.7 Å². The molecule has 0 bridgehead atoms. The first-order valence-corrected chi connectivity index (χ1v) is 12.0. The van der Waals surface area contributed by atoms with Gasteiger partial charge in [-0.2, -0.15) is 4.98 Å². The quantitative estimate of drug-likeness (QED) is 0.568. The summed E-state index contributed by atoms with van der Waals surface area (Å²) in [5, 5.41) is 7.00. The molecule has 4 rings (SSSR count). The molecule has 0 aliphatic heterocycles. The lowest BCUT2D eigenvalue weighted by atomic mass is 10.0. The number of sulfone groups is 1. The van der Waals surface area contributed by atoms with E-state index in [4.69, 9.17) is 4.52 Å². The number of nitrogens with one attached hydrogen (secondary N) is 1. The number of hydrogen-bond donors (Lipinski definition) is 1. The van der Waals surface area contributed by atoms with Gasteiger partial charge in [0.2, 0.25) is 5.89 Å². The highest BCUT2D eigenvalue weighted by atomic mass is 32.2. The van der Waals surface area contributed by atoms with Gasteiger partial charge in [0.15, 0.2) is 15.7 Å². The molecule has 1 aliphatic carbocycles. The molecule has 1 heterocycles. The van der Waals surface area contributed by atoms with E-state index in [1.54, 1.807) is 54.6 Å². The van der Waals surface area contributed by atoms with Crippen LogP contribution in [0.15, 0.2) is 64.0 Å². The van der Waals surface area contributed by atoms with Crippen LogP contribution < -0.4 is 5.32 Å². The first kappa shape index (κ1) is 21.2. The molecule has 1 aromatic heterocycles. The van der Waals surface area contributed by atoms with Gasteiger partial charge in [0.05, 0.1) is 10.6 Å². The van der Waals surface area contributed by atoms with Gasteiger partial charge in [-0.15, -0.1) is 0 Å². The second kappa shape index (κ2) is 8.63. The maximum atomic E-state index is 12.9. The van der Waals surface area contributed by atoms with Crippen LogP contribution in [0.2, 0.25) is 0 Å². The van der Waals surface area contributed by atoms with Crippen LogP contribution in [0.3, 0.4) is 0 Å². The zero-order valence-electron chi connectivity index (χ0n) is 17.5. The monoisotopic (exact) mass is 439 g/mol. The van der Waals surface area contributed by atoms with Crippen molar-refractivity contribution in [3.05, 3.63) is 77.4 Å². The van der Waals surface area contributed by atoms with Crippen molar-refractivity contribution in [3.8, 4) is 0 Å². The van der Waals surface area contributed by atoms with Gasteiger partial charge in [0, 0.05) is 11.5 Å². The number of aromatic nitrogens is 2. The fourth-order valence-electron chi connectivity index (χ4n) is 3.35. The summed E-state index contributed by atoms with van der Waals surface area (Å²) in [4.78, 5) is 17.6. The van der Waals surface area contributed by atoms with E-state index in [2.05, 4.69) is 15.5 Å². The van der Waals surface area contributed by atoms with Crippen LogP contribution in [0.25, 0.3) is 0 Å². The zero-order chi connectivity index (χ0) is 22.0. The smallest absolute Gasteiger partial charge is 0.251 e. The summed E-state index contributed by atoms with van der Waals surface area (Å²) in [5.74, 6) is 1.00. The third-order valence-electron chi connectivity index (χ3n) is 5.27. The van der Waals surface area contributed by atoms with Crippen LogP contribution in [0.1, 0.15) is 66.3 Å². The summed E-state index contributed by atoms with van der Waals surface area (Å²) in [5.41, 5.74) is 0.930. The third kappa shape index (κ3) is 5.02. The van der Waals surface area contributed by atoms with Crippen molar-refractivity contribution < 1.29 is 17.7 Å². The lowest BCUT2D eigenvalue weighted by molar-refractivity contribution is 0.0914. The predicted molar refractivity (Wildman–Crippen MR) is 115 cm³/mol. The topological polar surface area (TPSA) is 102 Å². The van der Waals surface area contributed by atoms with Crippen LogP contribution in [0.5, 0.6) is 0 Å². The Hall–Kier alpha value is -3.00. The van der Waals surface area contributed by atoms with Crippen LogP contribution in [0.4, 0.5) is 0 Å². The van der Waals surface area contributed by atoms with E-state index < -0.39 is 15.9 Å². The molecule has 1 N–H and O–H groups in total. The van der Waals surface area contributed by atoms with Crippen molar-refractivity contribution in [3.63, 3.8) is 0 Å². The van der Waals surface area contributed by atoms with Gasteiger partial charge < -0.3 is 9.84 Å². The lowest BCUT2D eigenvalue weighted by Crippen LogP contribution is -2.32. The Kier molecular flexibility index (Phi) is 5.91. The molecule has 1 aliphatic rings. The van der Waals surface area contributed by atoms with Gasteiger partial charge in [-0.25, -0.2) is 8.42 Å². The minimum atomic E-state index is -3.50. The van der Waals surface area contributed by atoms with Gasteiger partial charge in [-0.05, 0) is 48.6 Å². The Labute approximate surface area is 181 Å². The van der Waals surface area contributed by atoms with E-state index in [9.17, 15) is 13.2 Å². The molecule has 7 nitrogen and oxygen atoms in total. The minimum absolute atomic E-state index is 0.0399. The molecular weight excluding hydrogens is 414 g/mol. The fraction of sp³-hybridized carbons (Fsp3) is 0.348. The molecule has 31 heavy (non-hydrogen) atoms. The summed E-state index contributed by atoms with van der Waals surface area (Å²) < 4.78 is 30.7. The largest absolute Gasteiger partial charge is 0.340 e. The molecule has 0 radical (unpaired) electrons. The van der Waals surface area contributed by atoms with Crippen molar-refractivity contribution in [2.24, 2.45) is 5.92 Å². The Bertz CT molecular complexity index is 1170. The number of hydrogen-bond acceptors (Lipinski definition) is 6. The van der Waals surface area contributed by atoms with Gasteiger partial charge in [0.1, 0.15) is 6.04 Å². The average Bonchev–Trinajstić information content (AvgIpc) is 3.49. The molecule has 2 aromatic carbocycles. The Morgan fingerprint density at radius 3 is 2.55 bits per heavy atom. The van der Waals surface area contributed by atoms with Gasteiger partial charge in [-0.3, -0.25) is 4.79 Å². The van der Waals surface area contributed by atoms with E-state index >= 15 is 0 Å². The Morgan fingerprint density at radius 1 is 1.13 bits per heavy atom. The van der Waals surface area contributed by atoms with Crippen LogP contribution in [0, 0.1) is 5.92 Å². The summed E-state index contributed by atoms with van der Waals surface area (Å²) in [6, 6.07) is 14.5. The molecule has 1 fully saturated rings. The normalized spacial score (nSPS) is 15.1. The number of nitrogens with zero attached hydrogens (tertiary/aromatic N) is 2. The first-order valence-electron chi connectivity index (χ1n) is 10.3. The molecule has 3 aromatic rings. The zero-order valence-corrected chi connectivity index (χ0v) is 18.3. The molecule has 162 valence electrons. The number of carbonyl (C=O) groups excluding carboxylic acids is 1. The standard InChI is InChI=1S/C23H25N3O4S/c1-15(2)20(23-25-21(26-30-23)17-11-12-17)24-22(27)18-8-6-7-16(13-18)14-31(28,29)19-9-4-3-5-10-19/h3-10,13,15,17,20H,11-12,14H2,1-2H3,(H,24,27). The summed E-state index contributed by atoms with van der Waals surface area (Å²) in [6.07, 6.45) is 2.13. The predicted octanol–water partition coefficient (Wildman–Crippen LogP) is 4.05. The van der Waals surface area contributed by atoms with E-state index in [0.717, 1.165) is 12.8 Å². The molecular formula is C23H25N3O4S. The third-order valence-corrected chi connectivity index (χ3v) is 6.97. The maximum absolute atomic E-state index is 12.9. The van der Waals surface area contributed by atoms with Crippen LogP contribution >= 0.6 is 0 Å². The summed E-state index contributed by atoms with van der Waals surface area (Å²) >= 11 is 0. The van der Waals surface area contributed by atoms with E-state index in [0.29, 0.717) is 28.8 Å². The van der Waals surface area contributed by atoms with E-state index in [-0.39, 0.29) is 22.5 Å². The number of benzene rings is 2. The summed E-state index contributed by atoms with van der Waals surface area (Å²) in [7, 11) is -3.50. The molecule has 1 atom stereocenters. The fourth-order valence-corrected chi connectivity index (χ4v) is 4.71. The number of carbonyl (C=O) groups is 1. The van der Waals surface area contributed by atoms with Crippen molar-refractivity contribution in [1.29, 1.82) is 0 Å². The second-order valence-electron chi connectivity index (χ2n) is 8.23. The molecule has 1 unspecified atom stereocenters. The van der Waals surface area contributed by atoms with Crippen molar-refractivity contribution in [2.45, 2.75) is 49.3 Å². The highest BCUT2D eigenvalue weighted by Gasteiger charge is 2.31. The van der Waals surface area contributed by atoms with Crippen molar-refractivity contribution in [2.75, 3.05) is 0 Å². The first-order chi connectivity index (χ1) is 14.8. The van der Waals surface area contributed by atoms with Gasteiger partial charge in [-0.1, -0.05) is 49.3 Å². The number of amides is 1. The van der Waals surface area contributed by atoms with Crippen LogP contribution in [-0.2, 0) is 15.6 Å². The molecule has 1 amide bonds. The average molecular weight is 440 g/mol. The highest BCUT2D eigenvalue weighted by Crippen LogP contribution is 2.38. The van der Waals surface area contributed by atoms with Gasteiger partial charge in [0.25, 0.3) is 5.91 Å². The van der Waals surface area contributed by atoms with E-state index in [1.165, 1.54) is 0 Å². The Balaban J connectivity index is 1.50. The number of rotatable bonds is 8.